The number of rotatable bonds is 7. The highest BCUT2D eigenvalue weighted by Gasteiger charge is 2.33. The lowest BCUT2D eigenvalue weighted by Crippen LogP contribution is -2.35. The first-order valence-electron chi connectivity index (χ1n) is 13.1. The molecule has 0 radical (unpaired) electrons. The zero-order chi connectivity index (χ0) is 27.0. The van der Waals surface area contributed by atoms with Crippen LogP contribution in [0.2, 0.25) is 0 Å². The molecule has 1 aliphatic heterocycles. The fraction of sp³-hybridized carbons (Fsp3) is 0.267. The number of nitrogens with zero attached hydrogens (tertiary/aromatic N) is 5. The van der Waals surface area contributed by atoms with E-state index in [1.54, 1.807) is 11.3 Å². The van der Waals surface area contributed by atoms with Crippen molar-refractivity contribution >= 4 is 17.2 Å². The Hall–Kier alpha value is -4.08. The smallest absolute Gasteiger partial charge is 0.254 e. The van der Waals surface area contributed by atoms with Crippen LogP contribution in [0.4, 0.5) is 0 Å². The molecule has 1 fully saturated rings. The van der Waals surface area contributed by atoms with Gasteiger partial charge < -0.3 is 19.6 Å². The topological polar surface area (TPSA) is 103 Å². The van der Waals surface area contributed by atoms with Crippen LogP contribution in [-0.4, -0.2) is 37.1 Å². The molecule has 1 saturated heterocycles. The van der Waals surface area contributed by atoms with Gasteiger partial charge in [0.1, 0.15) is 5.01 Å². The number of carbonyl (C=O) groups is 1. The van der Waals surface area contributed by atoms with Crippen molar-refractivity contribution in [1.29, 1.82) is 0 Å². The SMILES string of the molecule is Cc1csc([C@H]2CCCN2C(=O)c2cc(-c3nnc([C@@](C)(N)Cc4ccccc4)o3)cc(-n3cccc3)c2)n1. The molecule has 1 amide bonds. The molecule has 8 nitrogen and oxygen atoms in total. The highest BCUT2D eigenvalue weighted by molar-refractivity contribution is 7.09. The van der Waals surface area contributed by atoms with Crippen molar-refractivity contribution in [2.75, 3.05) is 6.54 Å². The summed E-state index contributed by atoms with van der Waals surface area (Å²) in [5.74, 6) is 0.638. The third kappa shape index (κ3) is 5.15. The van der Waals surface area contributed by atoms with Crippen molar-refractivity contribution in [1.82, 2.24) is 24.6 Å². The highest BCUT2D eigenvalue weighted by atomic mass is 32.1. The second kappa shape index (κ2) is 10.2. The Morgan fingerprint density at radius 3 is 2.67 bits per heavy atom. The van der Waals surface area contributed by atoms with Crippen LogP contribution in [0, 0.1) is 6.92 Å². The molecule has 5 aromatic rings. The number of aryl methyl sites for hydroxylation is 1. The minimum absolute atomic E-state index is 0.0131. The number of thiazole rings is 1. The molecule has 0 unspecified atom stereocenters. The van der Waals surface area contributed by atoms with Crippen molar-refractivity contribution in [2.24, 2.45) is 5.73 Å². The fourth-order valence-corrected chi connectivity index (χ4v) is 6.08. The number of nitrogens with two attached hydrogens (primary N) is 1. The largest absolute Gasteiger partial charge is 0.419 e. The molecular formula is C30H30N6O2S. The van der Waals surface area contributed by atoms with Gasteiger partial charge in [-0.25, -0.2) is 4.98 Å². The van der Waals surface area contributed by atoms with E-state index >= 15 is 0 Å². The van der Waals surface area contributed by atoms with E-state index in [1.807, 2.05) is 102 Å². The van der Waals surface area contributed by atoms with E-state index in [1.165, 1.54) is 0 Å². The summed E-state index contributed by atoms with van der Waals surface area (Å²) in [6.45, 7) is 4.57. The molecule has 0 aliphatic carbocycles. The molecule has 0 saturated carbocycles. The molecular weight excluding hydrogens is 508 g/mol. The van der Waals surface area contributed by atoms with Gasteiger partial charge in [0.25, 0.3) is 5.91 Å². The third-order valence-corrected chi connectivity index (χ3v) is 8.14. The van der Waals surface area contributed by atoms with Crippen LogP contribution in [0.1, 0.15) is 58.3 Å². The van der Waals surface area contributed by atoms with E-state index in [-0.39, 0.29) is 11.9 Å². The van der Waals surface area contributed by atoms with Crippen molar-refractivity contribution in [2.45, 2.75) is 44.7 Å². The first kappa shape index (κ1) is 25.2. The van der Waals surface area contributed by atoms with Gasteiger partial charge in [-0.1, -0.05) is 30.3 Å². The van der Waals surface area contributed by atoms with Crippen molar-refractivity contribution in [3.63, 3.8) is 0 Å². The summed E-state index contributed by atoms with van der Waals surface area (Å²) in [6, 6.07) is 19.6. The van der Waals surface area contributed by atoms with E-state index in [0.717, 1.165) is 34.8 Å². The first-order chi connectivity index (χ1) is 18.9. The van der Waals surface area contributed by atoms with E-state index in [9.17, 15) is 4.79 Å². The molecule has 0 spiro atoms. The lowest BCUT2D eigenvalue weighted by atomic mass is 9.94. The molecule has 198 valence electrons. The summed E-state index contributed by atoms with van der Waals surface area (Å²) in [6.07, 6.45) is 6.30. The normalized spacial score (nSPS) is 16.9. The Labute approximate surface area is 231 Å². The van der Waals surface area contributed by atoms with E-state index in [0.29, 0.717) is 35.9 Å². The van der Waals surface area contributed by atoms with Gasteiger partial charge in [0.05, 0.1) is 11.6 Å². The van der Waals surface area contributed by atoms with Gasteiger partial charge in [0.15, 0.2) is 0 Å². The van der Waals surface area contributed by atoms with E-state index < -0.39 is 5.54 Å². The molecule has 1 aliphatic rings. The monoisotopic (exact) mass is 538 g/mol. The predicted octanol–water partition coefficient (Wildman–Crippen LogP) is 5.69. The Morgan fingerprint density at radius 2 is 1.92 bits per heavy atom. The average molecular weight is 539 g/mol. The van der Waals surface area contributed by atoms with Gasteiger partial charge in [0, 0.05) is 46.8 Å². The van der Waals surface area contributed by atoms with Crippen LogP contribution in [0.3, 0.4) is 0 Å². The van der Waals surface area contributed by atoms with Crippen LogP contribution in [0.5, 0.6) is 0 Å². The fourth-order valence-electron chi connectivity index (χ4n) is 5.14. The maximum Gasteiger partial charge on any atom is 0.254 e. The number of aromatic nitrogens is 4. The zero-order valence-electron chi connectivity index (χ0n) is 21.9. The predicted molar refractivity (Wildman–Crippen MR) is 151 cm³/mol. The molecule has 6 rings (SSSR count). The van der Waals surface area contributed by atoms with Crippen LogP contribution >= 0.6 is 11.3 Å². The average Bonchev–Trinajstić information content (AvgIpc) is 3.74. The van der Waals surface area contributed by atoms with Gasteiger partial charge in [-0.05, 0) is 69.0 Å². The molecule has 4 heterocycles. The second-order valence-electron chi connectivity index (χ2n) is 10.3. The number of amides is 1. The van der Waals surface area contributed by atoms with Gasteiger partial charge in [-0.15, -0.1) is 21.5 Å². The molecule has 3 aromatic heterocycles. The molecule has 0 bridgehead atoms. The summed E-state index contributed by atoms with van der Waals surface area (Å²) >= 11 is 1.62. The van der Waals surface area contributed by atoms with Crippen LogP contribution < -0.4 is 5.73 Å². The first-order valence-corrected chi connectivity index (χ1v) is 13.9. The van der Waals surface area contributed by atoms with Gasteiger partial charge >= 0.3 is 0 Å². The maximum absolute atomic E-state index is 13.9. The maximum atomic E-state index is 13.9. The van der Waals surface area contributed by atoms with Gasteiger partial charge in [-0.2, -0.15) is 0 Å². The lowest BCUT2D eigenvalue weighted by Gasteiger charge is -2.24. The number of benzene rings is 2. The summed E-state index contributed by atoms with van der Waals surface area (Å²) in [5.41, 5.74) is 9.92. The summed E-state index contributed by atoms with van der Waals surface area (Å²) in [7, 11) is 0. The quantitative estimate of drug-likeness (QED) is 0.286. The van der Waals surface area contributed by atoms with E-state index in [2.05, 4.69) is 15.2 Å². The standard InChI is InChI=1S/C30H30N6O2S/c1-20-19-39-27(32-20)25-11-8-14-36(25)28(37)23-15-22(16-24(17-23)35-12-6-7-13-35)26-33-34-29(38-26)30(2,31)18-21-9-4-3-5-10-21/h3-7,9-10,12-13,15-17,19,25H,8,11,14,18,31H2,1-2H3/t25-,30+/m1/s1. The van der Waals surface area contributed by atoms with Gasteiger partial charge in [0.2, 0.25) is 11.8 Å². The van der Waals surface area contributed by atoms with Crippen molar-refractivity contribution < 1.29 is 9.21 Å². The minimum atomic E-state index is -0.849. The highest BCUT2D eigenvalue weighted by Crippen LogP contribution is 2.36. The Balaban J connectivity index is 1.35. The Bertz CT molecular complexity index is 1590. The molecule has 2 aromatic carbocycles. The number of hydrogen-bond acceptors (Lipinski definition) is 7. The van der Waals surface area contributed by atoms with Crippen LogP contribution in [0.25, 0.3) is 17.1 Å². The Morgan fingerprint density at radius 1 is 1.13 bits per heavy atom. The van der Waals surface area contributed by atoms with E-state index in [4.69, 9.17) is 10.2 Å². The number of hydrogen-bond donors (Lipinski definition) is 1. The molecule has 39 heavy (non-hydrogen) atoms. The van der Waals surface area contributed by atoms with Crippen molar-refractivity contribution in [3.05, 3.63) is 106 Å². The number of likely N-dealkylation sites (tertiary alicyclic amines) is 1. The lowest BCUT2D eigenvalue weighted by molar-refractivity contribution is 0.0735. The van der Waals surface area contributed by atoms with Crippen molar-refractivity contribution in [3.8, 4) is 17.1 Å². The molecule has 2 N–H and O–H groups in total. The molecule has 9 heteroatoms. The van der Waals surface area contributed by atoms with Crippen LogP contribution in [0.15, 0.2) is 82.9 Å². The summed E-state index contributed by atoms with van der Waals surface area (Å²) < 4.78 is 8.11. The van der Waals surface area contributed by atoms with Crippen LogP contribution in [-0.2, 0) is 12.0 Å². The van der Waals surface area contributed by atoms with Gasteiger partial charge in [-0.3, -0.25) is 4.79 Å². The minimum Gasteiger partial charge on any atom is -0.419 e. The summed E-state index contributed by atoms with van der Waals surface area (Å²) in [4.78, 5) is 20.5. The molecule has 2 atom stereocenters. The zero-order valence-corrected chi connectivity index (χ0v) is 22.8. The Kier molecular flexibility index (Phi) is 6.62. The number of carbonyl (C=O) groups excluding carboxylic acids is 1. The third-order valence-electron chi connectivity index (χ3n) is 7.08. The summed E-state index contributed by atoms with van der Waals surface area (Å²) in [5, 5.41) is 11.7. The second-order valence-corrected chi connectivity index (χ2v) is 11.2.